The molecular weight excluding hydrogens is 352 g/mol. The van der Waals surface area contributed by atoms with Gasteiger partial charge in [-0.1, -0.05) is 38.0 Å². The molecule has 1 N–H and O–H groups in total. The zero-order valence-electron chi connectivity index (χ0n) is 15.2. The summed E-state index contributed by atoms with van der Waals surface area (Å²) in [6.07, 6.45) is 3.94. The van der Waals surface area contributed by atoms with Crippen molar-refractivity contribution >= 4 is 29.1 Å². The van der Waals surface area contributed by atoms with Crippen molar-refractivity contribution in [2.45, 2.75) is 39.2 Å². The summed E-state index contributed by atoms with van der Waals surface area (Å²) in [5.41, 5.74) is 0.286. The maximum Gasteiger partial charge on any atom is 0.274 e. The first-order valence-electron chi connectivity index (χ1n) is 9.22. The lowest BCUT2D eigenvalue weighted by Crippen LogP contribution is -2.36. The highest BCUT2D eigenvalue weighted by Gasteiger charge is 2.22. The highest BCUT2D eigenvalue weighted by atomic mass is 35.5. The van der Waals surface area contributed by atoms with E-state index in [-0.39, 0.29) is 23.9 Å². The van der Waals surface area contributed by atoms with Crippen molar-refractivity contribution in [3.8, 4) is 0 Å². The van der Waals surface area contributed by atoms with Crippen LogP contribution in [0.15, 0.2) is 29.1 Å². The van der Waals surface area contributed by atoms with Crippen molar-refractivity contribution in [1.82, 2.24) is 20.0 Å². The minimum Gasteiger partial charge on any atom is -0.336 e. The summed E-state index contributed by atoms with van der Waals surface area (Å²) < 4.78 is 1.47. The fourth-order valence-electron chi connectivity index (χ4n) is 3.25. The van der Waals surface area contributed by atoms with Crippen molar-refractivity contribution < 1.29 is 4.79 Å². The molecule has 1 aromatic carbocycles. The van der Waals surface area contributed by atoms with Gasteiger partial charge in [0, 0.05) is 31.6 Å². The quantitative estimate of drug-likeness (QED) is 0.811. The first-order valence-corrected chi connectivity index (χ1v) is 9.22. The molecule has 2 heterocycles. The van der Waals surface area contributed by atoms with Gasteiger partial charge in [-0.3, -0.25) is 9.59 Å². The third-order valence-corrected chi connectivity index (χ3v) is 4.67. The summed E-state index contributed by atoms with van der Waals surface area (Å²) in [5, 5.41) is 9.01. The normalized spacial score (nSPS) is 14.7. The van der Waals surface area contributed by atoms with Crippen LogP contribution in [0.25, 0.3) is 10.8 Å². The van der Waals surface area contributed by atoms with Crippen molar-refractivity contribution in [2.24, 2.45) is 0 Å². The van der Waals surface area contributed by atoms with Gasteiger partial charge < -0.3 is 10.2 Å². The lowest BCUT2D eigenvalue weighted by molar-refractivity contribution is 0.0760. The largest absolute Gasteiger partial charge is 0.336 e. The maximum atomic E-state index is 13.1. The van der Waals surface area contributed by atoms with Crippen LogP contribution < -0.4 is 10.9 Å². The Morgan fingerprint density at radius 3 is 2.69 bits per heavy atom. The van der Waals surface area contributed by atoms with Crippen LogP contribution in [0.5, 0.6) is 0 Å². The Bertz CT molecular complexity index is 798. The van der Waals surface area contributed by atoms with Crippen LogP contribution in [0.4, 0.5) is 0 Å². The highest BCUT2D eigenvalue weighted by Crippen LogP contribution is 2.16. The second-order valence-corrected chi connectivity index (χ2v) is 6.53. The number of nitrogens with one attached hydrogen (secondary N) is 1. The molecule has 7 heteroatoms. The topological polar surface area (TPSA) is 67.2 Å². The number of aryl methyl sites for hydroxylation is 1. The molecule has 1 aromatic heterocycles. The summed E-state index contributed by atoms with van der Waals surface area (Å²) in [7, 11) is 0. The minimum atomic E-state index is -0.110. The highest BCUT2D eigenvalue weighted by molar-refractivity contribution is 6.04. The number of carbonyl (C=O) groups excluding carboxylic acids is 1. The van der Waals surface area contributed by atoms with E-state index in [1.54, 1.807) is 6.07 Å². The monoisotopic (exact) mass is 378 g/mol. The number of amides is 1. The van der Waals surface area contributed by atoms with E-state index in [0.717, 1.165) is 45.3 Å². The summed E-state index contributed by atoms with van der Waals surface area (Å²) >= 11 is 0. The summed E-state index contributed by atoms with van der Waals surface area (Å²) in [5.74, 6) is -0.0795. The minimum absolute atomic E-state index is 0. The standard InChI is InChI=1S/C19H26N4O2.ClH/c1-2-3-6-13-23-18(24)16-9-5-4-8-15(16)17(21-23)19(25)22-12-7-10-20-11-14-22;/h4-5,8-9,20H,2-3,6-7,10-14H2,1H3;1H. The maximum absolute atomic E-state index is 13.1. The molecule has 0 unspecified atom stereocenters. The molecule has 1 amide bonds. The predicted molar refractivity (Wildman–Crippen MR) is 106 cm³/mol. The smallest absolute Gasteiger partial charge is 0.274 e. The van der Waals surface area contributed by atoms with Gasteiger partial charge in [0.2, 0.25) is 0 Å². The van der Waals surface area contributed by atoms with Crippen LogP contribution in [0.1, 0.15) is 43.1 Å². The predicted octanol–water partition coefficient (Wildman–Crippen LogP) is 2.44. The third-order valence-electron chi connectivity index (χ3n) is 4.67. The summed E-state index contributed by atoms with van der Waals surface area (Å²) in [4.78, 5) is 27.6. The average molecular weight is 379 g/mol. The number of carbonyl (C=O) groups is 1. The number of hydrogen-bond acceptors (Lipinski definition) is 4. The Balaban J connectivity index is 0.00000243. The SMILES string of the molecule is CCCCCn1nc(C(=O)N2CCCNCC2)c2ccccc2c1=O.Cl. The van der Waals surface area contributed by atoms with Crippen molar-refractivity contribution in [3.05, 3.63) is 40.3 Å². The second kappa shape index (κ2) is 9.69. The Labute approximate surface area is 160 Å². The van der Waals surface area contributed by atoms with Crippen LogP contribution in [0, 0.1) is 0 Å². The van der Waals surface area contributed by atoms with E-state index in [1.807, 2.05) is 23.1 Å². The van der Waals surface area contributed by atoms with Crippen LogP contribution in [-0.2, 0) is 6.54 Å². The molecule has 142 valence electrons. The first-order chi connectivity index (χ1) is 12.2. The van der Waals surface area contributed by atoms with Crippen LogP contribution in [0.3, 0.4) is 0 Å². The van der Waals surface area contributed by atoms with Gasteiger partial charge in [-0.2, -0.15) is 5.10 Å². The van der Waals surface area contributed by atoms with Crippen LogP contribution in [-0.4, -0.2) is 46.8 Å². The van der Waals surface area contributed by atoms with Crippen LogP contribution >= 0.6 is 12.4 Å². The van der Waals surface area contributed by atoms with Gasteiger partial charge in [-0.05, 0) is 25.5 Å². The number of benzene rings is 1. The number of halogens is 1. The Morgan fingerprint density at radius 1 is 1.15 bits per heavy atom. The van der Waals surface area contributed by atoms with Crippen LogP contribution in [0.2, 0.25) is 0 Å². The average Bonchev–Trinajstić information content (AvgIpc) is 2.93. The van der Waals surface area contributed by atoms with Gasteiger partial charge in [0.15, 0.2) is 5.69 Å². The molecule has 0 atom stereocenters. The van der Waals surface area contributed by atoms with Crippen molar-refractivity contribution in [3.63, 3.8) is 0 Å². The molecule has 1 aliphatic rings. The zero-order valence-corrected chi connectivity index (χ0v) is 16.1. The van der Waals surface area contributed by atoms with Gasteiger partial charge in [0.1, 0.15) is 0 Å². The van der Waals surface area contributed by atoms with Crippen molar-refractivity contribution in [1.29, 1.82) is 0 Å². The fourth-order valence-corrected chi connectivity index (χ4v) is 3.25. The fraction of sp³-hybridized carbons (Fsp3) is 0.526. The van der Waals surface area contributed by atoms with E-state index in [0.29, 0.717) is 29.6 Å². The van der Waals surface area contributed by atoms with E-state index in [2.05, 4.69) is 17.3 Å². The van der Waals surface area contributed by atoms with E-state index in [1.165, 1.54) is 4.68 Å². The lowest BCUT2D eigenvalue weighted by Gasteiger charge is -2.20. The molecule has 1 aliphatic heterocycles. The number of nitrogens with zero attached hydrogens (tertiary/aromatic N) is 3. The van der Waals surface area contributed by atoms with E-state index in [9.17, 15) is 9.59 Å². The Hall–Kier alpha value is -1.92. The molecule has 3 rings (SSSR count). The molecule has 6 nitrogen and oxygen atoms in total. The summed E-state index contributed by atoms with van der Waals surface area (Å²) in [6.45, 7) is 5.78. The summed E-state index contributed by atoms with van der Waals surface area (Å²) in [6, 6.07) is 7.30. The molecule has 0 spiro atoms. The first kappa shape index (κ1) is 20.4. The molecule has 1 saturated heterocycles. The molecule has 0 bridgehead atoms. The van der Waals surface area contributed by atoms with E-state index in [4.69, 9.17) is 0 Å². The molecule has 26 heavy (non-hydrogen) atoms. The molecule has 0 aliphatic carbocycles. The Kier molecular flexibility index (Phi) is 7.60. The third kappa shape index (κ3) is 4.43. The molecular formula is C19H27ClN4O2. The van der Waals surface area contributed by atoms with Gasteiger partial charge in [0.25, 0.3) is 11.5 Å². The van der Waals surface area contributed by atoms with Gasteiger partial charge >= 0.3 is 0 Å². The van der Waals surface area contributed by atoms with E-state index < -0.39 is 0 Å². The lowest BCUT2D eigenvalue weighted by atomic mass is 10.1. The number of rotatable bonds is 5. The number of fused-ring (bicyclic) bond motifs is 1. The Morgan fingerprint density at radius 2 is 1.92 bits per heavy atom. The number of unbranched alkanes of at least 4 members (excludes halogenated alkanes) is 2. The van der Waals surface area contributed by atoms with Crippen molar-refractivity contribution in [2.75, 3.05) is 26.2 Å². The second-order valence-electron chi connectivity index (χ2n) is 6.53. The van der Waals surface area contributed by atoms with E-state index >= 15 is 0 Å². The van der Waals surface area contributed by atoms with Gasteiger partial charge in [-0.15, -0.1) is 12.4 Å². The van der Waals surface area contributed by atoms with Gasteiger partial charge in [-0.25, -0.2) is 4.68 Å². The molecule has 0 saturated carbocycles. The number of hydrogen-bond donors (Lipinski definition) is 1. The molecule has 0 radical (unpaired) electrons. The number of aromatic nitrogens is 2. The molecule has 1 fully saturated rings. The molecule has 2 aromatic rings. The zero-order chi connectivity index (χ0) is 17.6. The van der Waals surface area contributed by atoms with Gasteiger partial charge in [0.05, 0.1) is 5.39 Å².